The molecule has 8 nitrogen and oxygen atoms in total. The van der Waals surface area contributed by atoms with E-state index >= 15 is 4.39 Å². The number of benzene rings is 3. The second-order valence-electron chi connectivity index (χ2n) is 9.52. The van der Waals surface area contributed by atoms with Crippen molar-refractivity contribution in [3.05, 3.63) is 89.7 Å². The summed E-state index contributed by atoms with van der Waals surface area (Å²) in [7, 11) is 1.56. The highest BCUT2D eigenvalue weighted by atomic mass is 19.1. The normalized spacial score (nSPS) is 14.4. The number of carbonyl (C=O) groups excluding carboxylic acids is 2. The Labute approximate surface area is 220 Å². The molecule has 0 bridgehead atoms. The fraction of sp³-hybridized carbons (Fsp3) is 0.310. The molecule has 1 aliphatic rings. The molecule has 38 heavy (non-hydrogen) atoms. The molecule has 1 atom stereocenters. The van der Waals surface area contributed by atoms with E-state index in [0.717, 1.165) is 31.2 Å². The van der Waals surface area contributed by atoms with Crippen molar-refractivity contribution in [2.45, 2.75) is 50.9 Å². The zero-order valence-corrected chi connectivity index (χ0v) is 21.2. The van der Waals surface area contributed by atoms with Gasteiger partial charge in [-0.05, 0) is 48.7 Å². The van der Waals surface area contributed by atoms with Crippen molar-refractivity contribution < 1.29 is 18.7 Å². The molecule has 0 aliphatic heterocycles. The van der Waals surface area contributed by atoms with Crippen LogP contribution in [0.3, 0.4) is 0 Å². The van der Waals surface area contributed by atoms with E-state index in [9.17, 15) is 9.59 Å². The fourth-order valence-electron chi connectivity index (χ4n) is 5.04. The number of methoxy groups -OCH3 is 1. The molecule has 0 radical (unpaired) electrons. The van der Waals surface area contributed by atoms with E-state index in [1.165, 1.54) is 15.6 Å². The summed E-state index contributed by atoms with van der Waals surface area (Å²) in [5, 5.41) is 11.4. The van der Waals surface area contributed by atoms with Crippen LogP contribution in [0.4, 0.5) is 4.39 Å². The molecule has 0 spiro atoms. The van der Waals surface area contributed by atoms with E-state index in [1.54, 1.807) is 37.4 Å². The monoisotopic (exact) mass is 515 g/mol. The van der Waals surface area contributed by atoms with E-state index < -0.39 is 23.7 Å². The largest absolute Gasteiger partial charge is 0.497 e. The molecule has 196 valence electrons. The number of nitrogens with zero attached hydrogens (tertiary/aromatic N) is 4. The fourth-order valence-corrected chi connectivity index (χ4v) is 5.04. The molecule has 1 N–H and O–H groups in total. The average Bonchev–Trinajstić information content (AvgIpc) is 3.59. The second-order valence-corrected chi connectivity index (χ2v) is 9.52. The van der Waals surface area contributed by atoms with Gasteiger partial charge in [-0.1, -0.05) is 60.5 Å². The van der Waals surface area contributed by atoms with E-state index in [2.05, 4.69) is 15.6 Å². The number of para-hydroxylation sites is 1. The first-order valence-electron chi connectivity index (χ1n) is 12.8. The summed E-state index contributed by atoms with van der Waals surface area (Å²) in [5.74, 6) is -0.719. The number of halogens is 1. The van der Waals surface area contributed by atoms with E-state index in [1.807, 2.05) is 36.4 Å². The Morgan fingerprint density at radius 2 is 1.84 bits per heavy atom. The predicted octanol–water partition coefficient (Wildman–Crippen LogP) is 4.41. The molecule has 9 heteroatoms. The maximum Gasteiger partial charge on any atom is 0.247 e. The van der Waals surface area contributed by atoms with Crippen molar-refractivity contribution >= 4 is 22.8 Å². The smallest absolute Gasteiger partial charge is 0.247 e. The molecule has 2 amide bonds. The Morgan fingerprint density at radius 3 is 2.63 bits per heavy atom. The number of hydrogen-bond donors (Lipinski definition) is 1. The number of carbonyl (C=O) groups is 2. The van der Waals surface area contributed by atoms with Gasteiger partial charge in [0, 0.05) is 18.2 Å². The topological polar surface area (TPSA) is 89.3 Å². The summed E-state index contributed by atoms with van der Waals surface area (Å²) >= 11 is 0. The third kappa shape index (κ3) is 5.51. The van der Waals surface area contributed by atoms with Crippen LogP contribution in [0.1, 0.15) is 42.9 Å². The summed E-state index contributed by atoms with van der Waals surface area (Å²) in [6.07, 6.45) is 3.79. The van der Waals surface area contributed by atoms with Gasteiger partial charge in [-0.15, -0.1) is 5.10 Å². The van der Waals surface area contributed by atoms with Crippen molar-refractivity contribution in [1.29, 1.82) is 0 Å². The maximum atomic E-state index is 15.2. The minimum absolute atomic E-state index is 0.00445. The van der Waals surface area contributed by atoms with Gasteiger partial charge in [-0.25, -0.2) is 9.07 Å². The minimum atomic E-state index is -1.18. The Hall–Kier alpha value is -4.27. The first kappa shape index (κ1) is 25.4. The molecule has 1 unspecified atom stereocenters. The molecular formula is C29H30FN5O3. The van der Waals surface area contributed by atoms with Gasteiger partial charge in [0.25, 0.3) is 0 Å². The van der Waals surface area contributed by atoms with Gasteiger partial charge in [0.2, 0.25) is 11.8 Å². The second kappa shape index (κ2) is 11.4. The number of fused-ring (bicyclic) bond motifs is 1. The Bertz CT molecular complexity index is 1430. The van der Waals surface area contributed by atoms with Crippen LogP contribution in [0, 0.1) is 5.82 Å². The van der Waals surface area contributed by atoms with Crippen LogP contribution in [-0.4, -0.2) is 44.9 Å². The molecule has 1 aromatic heterocycles. The molecule has 0 saturated heterocycles. The van der Waals surface area contributed by atoms with Gasteiger partial charge in [0.15, 0.2) is 0 Å². The molecule has 1 aliphatic carbocycles. The minimum Gasteiger partial charge on any atom is -0.497 e. The summed E-state index contributed by atoms with van der Waals surface area (Å²) in [6.45, 7) is -0.0914. The van der Waals surface area contributed by atoms with E-state index in [4.69, 9.17) is 4.74 Å². The third-order valence-corrected chi connectivity index (χ3v) is 6.97. The Morgan fingerprint density at radius 1 is 1.08 bits per heavy atom. The van der Waals surface area contributed by atoms with Crippen molar-refractivity contribution in [3.8, 4) is 5.75 Å². The lowest BCUT2D eigenvalue weighted by molar-refractivity contribution is -0.142. The number of rotatable bonds is 9. The highest BCUT2D eigenvalue weighted by Crippen LogP contribution is 2.29. The molecule has 4 aromatic rings. The summed E-state index contributed by atoms with van der Waals surface area (Å²) in [5.41, 5.74) is 2.24. The number of aromatic nitrogens is 3. The van der Waals surface area contributed by atoms with Crippen LogP contribution < -0.4 is 10.1 Å². The van der Waals surface area contributed by atoms with E-state index in [0.29, 0.717) is 16.8 Å². The highest BCUT2D eigenvalue weighted by Gasteiger charge is 2.35. The molecule has 1 saturated carbocycles. The van der Waals surface area contributed by atoms with Gasteiger partial charge >= 0.3 is 0 Å². The molecule has 1 fully saturated rings. The number of amides is 2. The quantitative estimate of drug-likeness (QED) is 0.357. The van der Waals surface area contributed by atoms with Gasteiger partial charge < -0.3 is 15.0 Å². The van der Waals surface area contributed by atoms with Gasteiger partial charge in [0.1, 0.15) is 29.7 Å². The van der Waals surface area contributed by atoms with Crippen molar-refractivity contribution in [2.75, 3.05) is 7.11 Å². The SMILES string of the molecule is COc1cccc(CN(C(=O)Cn2nnc3ccccc32)C(C(=O)NC2CCCC2)c2ccccc2F)c1. The zero-order valence-electron chi connectivity index (χ0n) is 21.2. The van der Waals surface area contributed by atoms with E-state index in [-0.39, 0.29) is 24.7 Å². The van der Waals surface area contributed by atoms with Crippen molar-refractivity contribution in [1.82, 2.24) is 25.2 Å². The maximum absolute atomic E-state index is 15.2. The molecule has 3 aromatic carbocycles. The molecular weight excluding hydrogens is 485 g/mol. The van der Waals surface area contributed by atoms with Gasteiger partial charge in [0.05, 0.1) is 12.6 Å². The van der Waals surface area contributed by atoms with Gasteiger partial charge in [-0.2, -0.15) is 0 Å². The molecule has 5 rings (SSSR count). The Balaban J connectivity index is 1.55. The lowest BCUT2D eigenvalue weighted by Gasteiger charge is -2.32. The van der Waals surface area contributed by atoms with Crippen LogP contribution in [-0.2, 0) is 22.7 Å². The predicted molar refractivity (Wildman–Crippen MR) is 141 cm³/mol. The summed E-state index contributed by atoms with van der Waals surface area (Å²) in [4.78, 5) is 29.2. The average molecular weight is 516 g/mol. The van der Waals surface area contributed by atoms with Gasteiger partial charge in [-0.3, -0.25) is 9.59 Å². The molecule has 1 heterocycles. The third-order valence-electron chi connectivity index (χ3n) is 6.97. The lowest BCUT2D eigenvalue weighted by atomic mass is 10.0. The van der Waals surface area contributed by atoms with Crippen LogP contribution in [0.15, 0.2) is 72.8 Å². The van der Waals surface area contributed by atoms with Crippen LogP contribution >= 0.6 is 0 Å². The highest BCUT2D eigenvalue weighted by molar-refractivity contribution is 5.89. The van der Waals surface area contributed by atoms with Crippen LogP contribution in [0.25, 0.3) is 11.0 Å². The standard InChI is InChI=1S/C29H30FN5O3/c1-38-22-12-8-9-20(17-22)18-34(27(36)19-35-26-16-7-6-15-25(26)32-33-35)28(23-13-4-5-14-24(23)30)29(37)31-21-10-2-3-11-21/h4-9,12-17,21,28H,2-3,10-11,18-19H2,1H3,(H,31,37). The number of ether oxygens (including phenoxy) is 1. The van der Waals surface area contributed by atoms with Crippen molar-refractivity contribution in [2.24, 2.45) is 0 Å². The van der Waals surface area contributed by atoms with Crippen molar-refractivity contribution in [3.63, 3.8) is 0 Å². The first-order chi connectivity index (χ1) is 18.5. The zero-order chi connectivity index (χ0) is 26.5. The lowest BCUT2D eigenvalue weighted by Crippen LogP contribution is -2.47. The first-order valence-corrected chi connectivity index (χ1v) is 12.8. The van der Waals surface area contributed by atoms with Crippen LogP contribution in [0.5, 0.6) is 5.75 Å². The summed E-state index contributed by atoms with van der Waals surface area (Å²) in [6, 6.07) is 19.6. The number of nitrogens with one attached hydrogen (secondary N) is 1. The number of hydrogen-bond acceptors (Lipinski definition) is 5. The van der Waals surface area contributed by atoms with Crippen LogP contribution in [0.2, 0.25) is 0 Å². The summed E-state index contributed by atoms with van der Waals surface area (Å²) < 4.78 is 22.1. The Kier molecular flexibility index (Phi) is 7.62.